The van der Waals surface area contributed by atoms with E-state index in [2.05, 4.69) is 40.4 Å². The Bertz CT molecular complexity index is 479. The molecule has 5 nitrogen and oxygen atoms in total. The van der Waals surface area contributed by atoms with Crippen molar-refractivity contribution in [1.82, 2.24) is 4.90 Å². The molecule has 126 valence electrons. The van der Waals surface area contributed by atoms with Gasteiger partial charge in [0.25, 0.3) is 0 Å². The van der Waals surface area contributed by atoms with Crippen molar-refractivity contribution < 1.29 is 19.4 Å². The summed E-state index contributed by atoms with van der Waals surface area (Å²) in [6, 6.07) is -0.387. The molecule has 6 heteroatoms. The second kappa shape index (κ2) is 6.56. The van der Waals surface area contributed by atoms with E-state index in [0.717, 1.165) is 5.57 Å². The lowest BCUT2D eigenvalue weighted by Crippen LogP contribution is -2.51. The fraction of sp³-hybridized carbons (Fsp3) is 0.688. The molecule has 0 bridgehead atoms. The Kier molecular flexibility index (Phi) is 5.65. The third kappa shape index (κ3) is 4.21. The predicted octanol–water partition coefficient (Wildman–Crippen LogP) is 3.23. The molecule has 2 unspecified atom stereocenters. The molecule has 0 aromatic carbocycles. The van der Waals surface area contributed by atoms with Crippen LogP contribution in [0.15, 0.2) is 23.8 Å². The van der Waals surface area contributed by atoms with Gasteiger partial charge in [-0.15, -0.1) is 0 Å². The number of rotatable bonds is 4. The van der Waals surface area contributed by atoms with Crippen molar-refractivity contribution in [1.29, 1.82) is 0 Å². The van der Waals surface area contributed by atoms with Gasteiger partial charge in [-0.05, 0) is 30.6 Å². The highest BCUT2D eigenvalue weighted by atomic mass is 28.4. The van der Waals surface area contributed by atoms with Crippen molar-refractivity contribution in [2.75, 3.05) is 13.2 Å². The zero-order valence-corrected chi connectivity index (χ0v) is 15.5. The Hall–Kier alpha value is -1.11. The van der Waals surface area contributed by atoms with Crippen molar-refractivity contribution in [2.24, 2.45) is 0 Å². The highest BCUT2D eigenvalue weighted by Crippen LogP contribution is 2.37. The Morgan fingerprint density at radius 3 is 2.45 bits per heavy atom. The van der Waals surface area contributed by atoms with Crippen LogP contribution in [-0.4, -0.2) is 54.8 Å². The summed E-state index contributed by atoms with van der Waals surface area (Å²) in [7, 11) is -1.95. The van der Waals surface area contributed by atoms with Crippen molar-refractivity contribution in [3.05, 3.63) is 23.8 Å². The lowest BCUT2D eigenvalue weighted by Gasteiger charge is -2.40. The second-order valence-corrected chi connectivity index (χ2v) is 12.3. The van der Waals surface area contributed by atoms with E-state index in [1.807, 2.05) is 6.92 Å². The molecule has 0 fully saturated rings. The van der Waals surface area contributed by atoms with Crippen molar-refractivity contribution in [3.63, 3.8) is 0 Å². The standard InChI is InChI=1S/C16H29NO4Si/c1-11(2)13-8-12(17(15(19)20)9-14(13)18)10-21-22(6,7)16(3,4)5/h8,12,14,18H,1,9-10H2,2-7H3,(H,19,20). The van der Waals surface area contributed by atoms with Gasteiger partial charge in [0.1, 0.15) is 0 Å². The summed E-state index contributed by atoms with van der Waals surface area (Å²) in [6.45, 7) is 16.8. The molecule has 1 heterocycles. The number of amides is 1. The van der Waals surface area contributed by atoms with Crippen LogP contribution in [0.2, 0.25) is 18.1 Å². The first-order valence-electron chi connectivity index (χ1n) is 7.56. The number of aliphatic hydroxyl groups excluding tert-OH is 1. The molecule has 0 saturated heterocycles. The molecule has 0 aliphatic carbocycles. The van der Waals surface area contributed by atoms with Gasteiger partial charge >= 0.3 is 6.09 Å². The smallest absolute Gasteiger partial charge is 0.407 e. The molecule has 2 N–H and O–H groups in total. The summed E-state index contributed by atoms with van der Waals surface area (Å²) in [4.78, 5) is 12.7. The maximum atomic E-state index is 11.4. The summed E-state index contributed by atoms with van der Waals surface area (Å²) in [5.74, 6) is 0. The fourth-order valence-corrected chi connectivity index (χ4v) is 3.14. The normalized spacial score (nSPS) is 23.2. The SMILES string of the molecule is C=C(C)C1=CC(CO[Si](C)(C)C(C)(C)C)N(C(=O)O)CC1O. The molecule has 22 heavy (non-hydrogen) atoms. The first-order chi connectivity index (χ1) is 9.86. The highest BCUT2D eigenvalue weighted by molar-refractivity contribution is 6.74. The van der Waals surface area contributed by atoms with Gasteiger partial charge in [-0.3, -0.25) is 4.90 Å². The number of carboxylic acid groups (broad SMARTS) is 1. The van der Waals surface area contributed by atoms with Crippen LogP contribution in [0.1, 0.15) is 27.7 Å². The van der Waals surface area contributed by atoms with E-state index in [1.54, 1.807) is 6.08 Å². The zero-order valence-electron chi connectivity index (χ0n) is 14.5. The van der Waals surface area contributed by atoms with Crippen molar-refractivity contribution in [2.45, 2.75) is 58.0 Å². The van der Waals surface area contributed by atoms with Gasteiger partial charge in [-0.2, -0.15) is 0 Å². The van der Waals surface area contributed by atoms with Crippen molar-refractivity contribution >= 4 is 14.4 Å². The summed E-state index contributed by atoms with van der Waals surface area (Å²) in [5, 5.41) is 19.5. The topological polar surface area (TPSA) is 70.0 Å². The number of hydrogen-bond donors (Lipinski definition) is 2. The fourth-order valence-electron chi connectivity index (χ4n) is 2.12. The average molecular weight is 327 g/mol. The lowest BCUT2D eigenvalue weighted by atomic mass is 9.95. The van der Waals surface area contributed by atoms with Crippen LogP contribution in [0.4, 0.5) is 4.79 Å². The number of β-amino-alcohol motifs (C(OH)–C–C–N with tert-alkyl or cyclic N) is 1. The molecule has 1 aliphatic heterocycles. The molecule has 0 spiro atoms. The van der Waals surface area contributed by atoms with Crippen LogP contribution in [0.5, 0.6) is 0 Å². The summed E-state index contributed by atoms with van der Waals surface area (Å²) < 4.78 is 6.16. The van der Waals surface area contributed by atoms with Gasteiger partial charge in [0, 0.05) is 0 Å². The van der Waals surface area contributed by atoms with E-state index in [1.165, 1.54) is 4.90 Å². The van der Waals surface area contributed by atoms with Crippen LogP contribution < -0.4 is 0 Å². The Labute approximate surface area is 134 Å². The number of nitrogens with zero attached hydrogens (tertiary/aromatic N) is 1. The monoisotopic (exact) mass is 327 g/mol. The average Bonchev–Trinajstić information content (AvgIpc) is 2.34. The van der Waals surface area contributed by atoms with E-state index in [9.17, 15) is 15.0 Å². The summed E-state index contributed by atoms with van der Waals surface area (Å²) in [5.41, 5.74) is 1.47. The quantitative estimate of drug-likeness (QED) is 0.778. The van der Waals surface area contributed by atoms with Gasteiger partial charge in [-0.1, -0.05) is 39.0 Å². The van der Waals surface area contributed by atoms with Crippen LogP contribution in [0.3, 0.4) is 0 Å². The molecular weight excluding hydrogens is 298 g/mol. The second-order valence-electron chi connectivity index (χ2n) is 7.49. The molecule has 1 aliphatic rings. The van der Waals surface area contributed by atoms with Crippen LogP contribution in [0.25, 0.3) is 0 Å². The number of aliphatic hydroxyl groups is 1. The minimum atomic E-state index is -1.95. The molecule has 0 radical (unpaired) electrons. The van der Waals surface area contributed by atoms with E-state index < -0.39 is 20.5 Å². The number of carbonyl (C=O) groups is 1. The van der Waals surface area contributed by atoms with Gasteiger partial charge in [0.05, 0.1) is 25.3 Å². The zero-order chi connectivity index (χ0) is 17.3. The van der Waals surface area contributed by atoms with Crippen LogP contribution >= 0.6 is 0 Å². The highest BCUT2D eigenvalue weighted by Gasteiger charge is 2.39. The number of hydrogen-bond acceptors (Lipinski definition) is 3. The van der Waals surface area contributed by atoms with Gasteiger partial charge in [0.15, 0.2) is 8.32 Å². The Morgan fingerprint density at radius 2 is 2.05 bits per heavy atom. The van der Waals surface area contributed by atoms with E-state index in [0.29, 0.717) is 12.2 Å². The first-order valence-corrected chi connectivity index (χ1v) is 10.5. The minimum Gasteiger partial charge on any atom is -0.465 e. The van der Waals surface area contributed by atoms with Crippen LogP contribution in [0, 0.1) is 0 Å². The molecule has 1 amide bonds. The minimum absolute atomic E-state index is 0.0551. The first kappa shape index (κ1) is 18.9. The lowest BCUT2D eigenvalue weighted by molar-refractivity contribution is 0.0741. The van der Waals surface area contributed by atoms with Crippen molar-refractivity contribution in [3.8, 4) is 0 Å². The summed E-state index contributed by atoms with van der Waals surface area (Å²) in [6.07, 6.45) is -0.0878. The molecule has 0 aromatic heterocycles. The summed E-state index contributed by atoms with van der Waals surface area (Å²) >= 11 is 0. The Morgan fingerprint density at radius 1 is 1.50 bits per heavy atom. The van der Waals surface area contributed by atoms with Gasteiger partial charge in [0.2, 0.25) is 0 Å². The predicted molar refractivity (Wildman–Crippen MR) is 90.6 cm³/mol. The molecule has 0 aromatic rings. The maximum absolute atomic E-state index is 11.4. The van der Waals surface area contributed by atoms with Gasteiger partial charge < -0.3 is 14.6 Å². The molecule has 2 atom stereocenters. The van der Waals surface area contributed by atoms with Gasteiger partial charge in [-0.25, -0.2) is 4.79 Å². The molecule has 1 rings (SSSR count). The van der Waals surface area contributed by atoms with Crippen LogP contribution in [-0.2, 0) is 4.43 Å². The van der Waals surface area contributed by atoms with E-state index in [-0.39, 0.29) is 17.6 Å². The molecular formula is C16H29NO4Si. The Balaban J connectivity index is 2.97. The third-order valence-corrected chi connectivity index (χ3v) is 9.16. The molecule has 0 saturated carbocycles. The van der Waals surface area contributed by atoms with E-state index >= 15 is 0 Å². The maximum Gasteiger partial charge on any atom is 0.407 e. The van der Waals surface area contributed by atoms with E-state index in [4.69, 9.17) is 4.43 Å². The largest absolute Gasteiger partial charge is 0.465 e. The third-order valence-electron chi connectivity index (χ3n) is 4.66.